The Bertz CT molecular complexity index is 1600. The highest BCUT2D eigenvalue weighted by Crippen LogP contribution is 2.30. The van der Waals surface area contributed by atoms with Crippen LogP contribution in [0.25, 0.3) is 0 Å². The van der Waals surface area contributed by atoms with Crippen LogP contribution in [0.2, 0.25) is 0 Å². The number of nitrogens with one attached hydrogen (secondary N) is 3. The Balaban J connectivity index is 1.22. The predicted molar refractivity (Wildman–Crippen MR) is 165 cm³/mol. The lowest BCUT2D eigenvalue weighted by Crippen LogP contribution is -2.44. The zero-order valence-electron chi connectivity index (χ0n) is 24.9. The summed E-state index contributed by atoms with van der Waals surface area (Å²) in [7, 11) is -2.05. The van der Waals surface area contributed by atoms with Crippen LogP contribution in [0, 0.1) is 17.6 Å². The molecule has 3 N–H and O–H groups in total. The molecule has 1 atom stereocenters. The normalized spacial score (nSPS) is 20.0. The van der Waals surface area contributed by atoms with Crippen molar-refractivity contribution in [1.29, 1.82) is 0 Å². The zero-order valence-corrected chi connectivity index (χ0v) is 25.7. The van der Waals surface area contributed by atoms with Crippen molar-refractivity contribution in [3.63, 3.8) is 0 Å². The summed E-state index contributed by atoms with van der Waals surface area (Å²) in [5.41, 5.74) is 4.30. The van der Waals surface area contributed by atoms with E-state index in [4.69, 9.17) is 0 Å². The molecule has 3 aromatic rings. The quantitative estimate of drug-likeness (QED) is 0.311. The highest BCUT2D eigenvalue weighted by molar-refractivity contribution is 7.89. The molecule has 2 saturated heterocycles. The average molecular weight is 628 g/mol. The monoisotopic (exact) mass is 627 g/mol. The molecule has 3 aliphatic heterocycles. The Morgan fingerprint density at radius 2 is 1.84 bits per heavy atom. The van der Waals surface area contributed by atoms with Crippen LogP contribution in [0.3, 0.4) is 0 Å². The van der Waals surface area contributed by atoms with Gasteiger partial charge in [-0.05, 0) is 69.2 Å². The molecule has 0 bridgehead atoms. The fourth-order valence-corrected chi connectivity index (χ4v) is 7.74. The molecular formula is C31H39F2N7O3S. The minimum absolute atomic E-state index is 0.0121. The molecule has 6 rings (SSSR count). The van der Waals surface area contributed by atoms with E-state index in [0.717, 1.165) is 87.9 Å². The molecule has 1 aromatic heterocycles. The summed E-state index contributed by atoms with van der Waals surface area (Å²) in [4.78, 5) is 18.0. The molecule has 2 fully saturated rings. The number of aromatic amines is 1. The van der Waals surface area contributed by atoms with E-state index < -0.39 is 26.6 Å². The third-order valence-corrected chi connectivity index (χ3v) is 10.8. The number of halogens is 2. The Kier molecular flexibility index (Phi) is 8.99. The molecule has 4 heterocycles. The maximum absolute atomic E-state index is 13.8. The number of likely N-dealkylation sites (N-methyl/N-ethyl adjacent to an activating group) is 1. The largest absolute Gasteiger partial charge is 0.384 e. The Morgan fingerprint density at radius 1 is 1.07 bits per heavy atom. The number of piperidine rings is 1. The number of anilines is 2. The number of nitrogens with zero attached hydrogens (tertiary/aromatic N) is 4. The first-order valence-electron chi connectivity index (χ1n) is 15.2. The second-order valence-corrected chi connectivity index (χ2v) is 14.0. The summed E-state index contributed by atoms with van der Waals surface area (Å²) in [6.07, 6.45) is 2.59. The van der Waals surface area contributed by atoms with Gasteiger partial charge in [-0.2, -0.15) is 9.40 Å². The summed E-state index contributed by atoms with van der Waals surface area (Å²) in [5.74, 6) is -1.57. The van der Waals surface area contributed by atoms with Gasteiger partial charge in [-0.3, -0.25) is 9.89 Å². The van der Waals surface area contributed by atoms with Gasteiger partial charge in [-0.1, -0.05) is 0 Å². The van der Waals surface area contributed by atoms with Gasteiger partial charge in [0.15, 0.2) is 5.78 Å². The molecule has 44 heavy (non-hydrogen) atoms. The van der Waals surface area contributed by atoms with Crippen LogP contribution >= 0.6 is 0 Å². The second kappa shape index (κ2) is 12.9. The van der Waals surface area contributed by atoms with Gasteiger partial charge in [0.1, 0.15) is 11.6 Å². The van der Waals surface area contributed by atoms with Crippen LogP contribution in [0.15, 0.2) is 41.3 Å². The van der Waals surface area contributed by atoms with E-state index in [9.17, 15) is 22.0 Å². The number of sulfonamides is 1. The zero-order chi connectivity index (χ0) is 30.8. The van der Waals surface area contributed by atoms with Crippen LogP contribution in [0.1, 0.15) is 40.2 Å². The number of rotatable bonds is 9. The Labute approximate surface area is 256 Å². The van der Waals surface area contributed by atoms with Crippen molar-refractivity contribution in [2.75, 3.05) is 69.6 Å². The van der Waals surface area contributed by atoms with Crippen LogP contribution in [-0.4, -0.2) is 93.0 Å². The first-order chi connectivity index (χ1) is 21.2. The predicted octanol–water partition coefficient (Wildman–Crippen LogP) is 3.02. The van der Waals surface area contributed by atoms with Gasteiger partial charge in [-0.15, -0.1) is 0 Å². The van der Waals surface area contributed by atoms with Crippen molar-refractivity contribution in [1.82, 2.24) is 24.7 Å². The minimum Gasteiger partial charge on any atom is -0.384 e. The molecular weight excluding hydrogens is 588 g/mol. The van der Waals surface area contributed by atoms with Gasteiger partial charge in [-0.25, -0.2) is 17.2 Å². The summed E-state index contributed by atoms with van der Waals surface area (Å²) >= 11 is 0. The van der Waals surface area contributed by atoms with Crippen molar-refractivity contribution in [3.05, 3.63) is 70.5 Å². The van der Waals surface area contributed by atoms with Crippen molar-refractivity contribution >= 4 is 27.2 Å². The van der Waals surface area contributed by atoms with Crippen LogP contribution in [0.5, 0.6) is 0 Å². The molecule has 10 nitrogen and oxygen atoms in total. The molecule has 1 unspecified atom stereocenters. The topological polar surface area (TPSA) is 114 Å². The van der Waals surface area contributed by atoms with Gasteiger partial charge in [0.25, 0.3) is 0 Å². The van der Waals surface area contributed by atoms with Gasteiger partial charge >= 0.3 is 0 Å². The number of carbonyl (C=O) groups excluding carboxylic acids is 1. The summed E-state index contributed by atoms with van der Waals surface area (Å²) in [6.45, 7) is 6.58. The van der Waals surface area contributed by atoms with Crippen molar-refractivity contribution in [2.45, 2.75) is 37.1 Å². The van der Waals surface area contributed by atoms with E-state index in [1.807, 2.05) is 12.1 Å². The molecule has 0 amide bonds. The number of benzene rings is 2. The number of piperazine rings is 1. The second-order valence-electron chi connectivity index (χ2n) is 12.0. The molecule has 236 valence electrons. The van der Waals surface area contributed by atoms with E-state index in [0.29, 0.717) is 35.2 Å². The van der Waals surface area contributed by atoms with Crippen molar-refractivity contribution < 1.29 is 22.0 Å². The van der Waals surface area contributed by atoms with Crippen LogP contribution in [0.4, 0.5) is 20.2 Å². The number of aromatic nitrogens is 2. The summed E-state index contributed by atoms with van der Waals surface area (Å²) < 4.78 is 55.4. The summed E-state index contributed by atoms with van der Waals surface area (Å²) in [5, 5.41) is 14.4. The highest BCUT2D eigenvalue weighted by atomic mass is 32.2. The first kappa shape index (κ1) is 30.6. The van der Waals surface area contributed by atoms with E-state index in [1.165, 1.54) is 4.31 Å². The third-order valence-electron chi connectivity index (χ3n) is 8.94. The van der Waals surface area contributed by atoms with E-state index in [2.05, 4.69) is 43.7 Å². The maximum Gasteiger partial charge on any atom is 0.243 e. The fraction of sp³-hybridized carbons (Fsp3) is 0.484. The molecule has 13 heteroatoms. The number of carbonyl (C=O) groups is 1. The number of hydrogen-bond acceptors (Lipinski definition) is 8. The van der Waals surface area contributed by atoms with Crippen molar-refractivity contribution in [2.24, 2.45) is 5.92 Å². The van der Waals surface area contributed by atoms with Gasteiger partial charge < -0.3 is 20.4 Å². The van der Waals surface area contributed by atoms with E-state index in [-0.39, 0.29) is 25.3 Å². The van der Waals surface area contributed by atoms with Gasteiger partial charge in [0.2, 0.25) is 10.0 Å². The standard InChI is InChI=1S/C31H39F2N7O3S/c1-38-9-11-39(12-10-38)24-4-5-26(29(16-24)35-19-21-3-2-7-34-18-21)31(41)17-30-27-20-40(8-6-28(27)36-37-30)44(42,43)25-14-22(32)13-23(33)15-25/h4-5,13-16,21,34-35H,2-3,6-12,17-20H2,1H3,(H,36,37). The number of fused-ring (bicyclic) bond motifs is 1. The minimum atomic E-state index is -4.16. The summed E-state index contributed by atoms with van der Waals surface area (Å²) in [6, 6.07) is 8.22. The first-order valence-corrected chi connectivity index (χ1v) is 16.7. The van der Waals surface area contributed by atoms with Gasteiger partial charge in [0, 0.05) is 86.5 Å². The van der Waals surface area contributed by atoms with Crippen LogP contribution < -0.4 is 15.5 Å². The lowest BCUT2D eigenvalue weighted by molar-refractivity contribution is 0.0992. The third kappa shape index (κ3) is 6.65. The fourth-order valence-electron chi connectivity index (χ4n) is 6.29. The molecule has 0 saturated carbocycles. The molecule has 0 radical (unpaired) electrons. The lowest BCUT2D eigenvalue weighted by atomic mass is 9.97. The Hall–Kier alpha value is -3.39. The maximum atomic E-state index is 13.8. The molecule has 0 aliphatic carbocycles. The lowest BCUT2D eigenvalue weighted by Gasteiger charge is -2.34. The average Bonchev–Trinajstić information content (AvgIpc) is 3.42. The van der Waals surface area contributed by atoms with E-state index >= 15 is 0 Å². The number of ketones is 1. The molecule has 2 aromatic carbocycles. The number of H-pyrrole nitrogens is 1. The van der Waals surface area contributed by atoms with Gasteiger partial charge in [0.05, 0.1) is 17.0 Å². The molecule has 3 aliphatic rings. The molecule has 0 spiro atoms. The van der Waals surface area contributed by atoms with Crippen molar-refractivity contribution in [3.8, 4) is 0 Å². The smallest absolute Gasteiger partial charge is 0.243 e. The Morgan fingerprint density at radius 3 is 2.57 bits per heavy atom. The van der Waals surface area contributed by atoms with Crippen LogP contribution in [-0.2, 0) is 29.4 Å². The SMILES string of the molecule is CN1CCN(c2ccc(C(=O)Cc3n[nH]c4c3CN(S(=O)(=O)c3cc(F)cc(F)c3)CC4)c(NCC3CCCNC3)c2)CC1. The number of Topliss-reactive ketones (excluding diaryl/α,β-unsaturated/α-hetero) is 1. The number of hydrogen-bond donors (Lipinski definition) is 3. The van der Waals surface area contributed by atoms with E-state index in [1.54, 1.807) is 0 Å². The highest BCUT2D eigenvalue weighted by Gasteiger charge is 2.32.